The number of ether oxygens (including phenoxy) is 1. The summed E-state index contributed by atoms with van der Waals surface area (Å²) < 4.78 is 11.6. The smallest absolute Gasteiger partial charge is 0.254 e. The molecule has 1 aliphatic rings. The predicted molar refractivity (Wildman–Crippen MR) is 113 cm³/mol. The van der Waals surface area contributed by atoms with Crippen molar-refractivity contribution in [2.75, 3.05) is 13.1 Å². The van der Waals surface area contributed by atoms with Gasteiger partial charge >= 0.3 is 0 Å². The zero-order chi connectivity index (χ0) is 20.3. The van der Waals surface area contributed by atoms with Crippen molar-refractivity contribution in [2.24, 2.45) is 0 Å². The van der Waals surface area contributed by atoms with Gasteiger partial charge in [0.15, 0.2) is 5.76 Å². The third-order valence-electron chi connectivity index (χ3n) is 5.38. The molecule has 1 unspecified atom stereocenters. The molecule has 2 aromatic carbocycles. The fraction of sp³-hybridized carbons (Fsp3) is 0.208. The SMILES string of the molecule is O=C(c1ccc2noc(-c3ccccc3)c2c1)N1CCCC(Oc2ccncc2)C1. The Morgan fingerprint density at radius 2 is 1.90 bits per heavy atom. The highest BCUT2D eigenvalue weighted by atomic mass is 16.5. The Morgan fingerprint density at radius 3 is 2.73 bits per heavy atom. The molecule has 5 rings (SSSR count). The Bertz CT molecular complexity index is 1160. The van der Waals surface area contributed by atoms with Gasteiger partial charge in [0.2, 0.25) is 0 Å². The second kappa shape index (κ2) is 7.99. The highest BCUT2D eigenvalue weighted by Gasteiger charge is 2.26. The van der Waals surface area contributed by atoms with E-state index in [0.29, 0.717) is 17.9 Å². The normalized spacial score (nSPS) is 16.5. The first-order valence-corrected chi connectivity index (χ1v) is 10.1. The molecule has 150 valence electrons. The van der Waals surface area contributed by atoms with Crippen molar-refractivity contribution < 1.29 is 14.1 Å². The lowest BCUT2D eigenvalue weighted by atomic mass is 10.0. The van der Waals surface area contributed by atoms with Gasteiger partial charge in [-0.25, -0.2) is 0 Å². The van der Waals surface area contributed by atoms with Crippen LogP contribution in [0.1, 0.15) is 23.2 Å². The molecule has 0 aliphatic carbocycles. The summed E-state index contributed by atoms with van der Waals surface area (Å²) >= 11 is 0. The quantitative estimate of drug-likeness (QED) is 0.503. The van der Waals surface area contributed by atoms with Crippen LogP contribution in [0.25, 0.3) is 22.2 Å². The number of rotatable bonds is 4. The van der Waals surface area contributed by atoms with E-state index in [2.05, 4.69) is 10.1 Å². The first-order valence-electron chi connectivity index (χ1n) is 10.1. The van der Waals surface area contributed by atoms with Crippen molar-refractivity contribution in [3.63, 3.8) is 0 Å². The van der Waals surface area contributed by atoms with Crippen molar-refractivity contribution >= 4 is 16.8 Å². The monoisotopic (exact) mass is 399 g/mol. The molecule has 1 fully saturated rings. The van der Waals surface area contributed by atoms with Gasteiger partial charge in [0.25, 0.3) is 5.91 Å². The predicted octanol–water partition coefficient (Wildman–Crippen LogP) is 4.57. The molecule has 1 amide bonds. The minimum absolute atomic E-state index is 0.000130. The van der Waals surface area contributed by atoms with Crippen LogP contribution in [0.4, 0.5) is 0 Å². The summed E-state index contributed by atoms with van der Waals surface area (Å²) in [7, 11) is 0. The second-order valence-electron chi connectivity index (χ2n) is 7.43. The standard InChI is InChI=1S/C24H21N3O3/c28-24(27-14-4-7-20(16-27)29-19-10-12-25-13-11-19)18-8-9-22-21(15-18)23(30-26-22)17-5-2-1-3-6-17/h1-3,5-6,8-13,15,20H,4,7,14,16H2. The van der Waals surface area contributed by atoms with Crippen molar-refractivity contribution in [1.29, 1.82) is 0 Å². The maximum atomic E-state index is 13.2. The molecule has 1 saturated heterocycles. The van der Waals surface area contributed by atoms with E-state index < -0.39 is 0 Å². The van der Waals surface area contributed by atoms with Crippen molar-refractivity contribution in [3.8, 4) is 17.1 Å². The first kappa shape index (κ1) is 18.4. The van der Waals surface area contributed by atoms with Gasteiger partial charge in [0, 0.05) is 30.1 Å². The molecule has 6 nitrogen and oxygen atoms in total. The number of fused-ring (bicyclic) bond motifs is 1. The van der Waals surface area contributed by atoms with Gasteiger partial charge in [-0.05, 0) is 43.2 Å². The molecular formula is C24H21N3O3. The summed E-state index contributed by atoms with van der Waals surface area (Å²) in [5.74, 6) is 1.46. The summed E-state index contributed by atoms with van der Waals surface area (Å²) in [5.41, 5.74) is 2.31. The zero-order valence-electron chi connectivity index (χ0n) is 16.4. The largest absolute Gasteiger partial charge is 0.488 e. The highest BCUT2D eigenvalue weighted by molar-refractivity contribution is 6.01. The number of carbonyl (C=O) groups excluding carboxylic acids is 1. The van der Waals surface area contributed by atoms with Crippen LogP contribution in [0.5, 0.6) is 5.75 Å². The number of likely N-dealkylation sites (tertiary alicyclic amines) is 1. The first-order chi connectivity index (χ1) is 14.8. The number of amides is 1. The maximum absolute atomic E-state index is 13.2. The third-order valence-corrected chi connectivity index (χ3v) is 5.38. The summed E-state index contributed by atoms with van der Waals surface area (Å²) in [6.07, 6.45) is 5.23. The molecule has 30 heavy (non-hydrogen) atoms. The van der Waals surface area contributed by atoms with Crippen LogP contribution in [-0.2, 0) is 0 Å². The van der Waals surface area contributed by atoms with Crippen molar-refractivity contribution in [2.45, 2.75) is 18.9 Å². The van der Waals surface area contributed by atoms with E-state index in [1.807, 2.05) is 65.6 Å². The van der Waals surface area contributed by atoms with Gasteiger partial charge in [-0.2, -0.15) is 0 Å². The van der Waals surface area contributed by atoms with Crippen LogP contribution >= 0.6 is 0 Å². The molecule has 4 aromatic rings. The van der Waals surface area contributed by atoms with E-state index in [0.717, 1.165) is 41.6 Å². The van der Waals surface area contributed by atoms with E-state index in [-0.39, 0.29) is 12.0 Å². The van der Waals surface area contributed by atoms with E-state index in [1.165, 1.54) is 0 Å². The molecular weight excluding hydrogens is 378 g/mol. The minimum atomic E-state index is -0.0238. The molecule has 0 bridgehead atoms. The van der Waals surface area contributed by atoms with Gasteiger partial charge in [-0.3, -0.25) is 9.78 Å². The lowest BCUT2D eigenvalue weighted by Gasteiger charge is -2.33. The molecule has 0 saturated carbocycles. The van der Waals surface area contributed by atoms with Crippen LogP contribution in [0, 0.1) is 0 Å². The summed E-state index contributed by atoms with van der Waals surface area (Å²) in [4.78, 5) is 19.1. The average Bonchev–Trinajstić information content (AvgIpc) is 3.23. The van der Waals surface area contributed by atoms with Crippen LogP contribution in [0.2, 0.25) is 0 Å². The molecule has 1 aliphatic heterocycles. The molecule has 6 heteroatoms. The lowest BCUT2D eigenvalue weighted by Crippen LogP contribution is -2.44. The molecule has 2 aromatic heterocycles. The number of hydrogen-bond acceptors (Lipinski definition) is 5. The number of piperidine rings is 1. The van der Waals surface area contributed by atoms with Gasteiger partial charge in [0.05, 0.1) is 11.9 Å². The van der Waals surface area contributed by atoms with E-state index in [9.17, 15) is 4.79 Å². The lowest BCUT2D eigenvalue weighted by molar-refractivity contribution is 0.0538. The fourth-order valence-corrected chi connectivity index (χ4v) is 3.88. The summed E-state index contributed by atoms with van der Waals surface area (Å²) in [5, 5.41) is 4.98. The molecule has 3 heterocycles. The van der Waals surface area contributed by atoms with Crippen molar-refractivity contribution in [1.82, 2.24) is 15.0 Å². The van der Waals surface area contributed by atoms with Crippen LogP contribution < -0.4 is 4.74 Å². The maximum Gasteiger partial charge on any atom is 0.254 e. The number of carbonyl (C=O) groups is 1. The molecule has 0 spiro atoms. The third kappa shape index (κ3) is 3.64. The Hall–Kier alpha value is -3.67. The van der Waals surface area contributed by atoms with E-state index in [4.69, 9.17) is 9.26 Å². The summed E-state index contributed by atoms with van der Waals surface area (Å²) in [6, 6.07) is 19.0. The van der Waals surface area contributed by atoms with Crippen molar-refractivity contribution in [3.05, 3.63) is 78.6 Å². The molecule has 0 radical (unpaired) electrons. The number of pyridine rings is 1. The minimum Gasteiger partial charge on any atom is -0.488 e. The number of aromatic nitrogens is 2. The second-order valence-corrected chi connectivity index (χ2v) is 7.43. The molecule has 1 atom stereocenters. The van der Waals surface area contributed by atoms with Gasteiger partial charge < -0.3 is 14.2 Å². The van der Waals surface area contributed by atoms with Gasteiger partial charge in [-0.15, -0.1) is 0 Å². The Morgan fingerprint density at radius 1 is 1.07 bits per heavy atom. The zero-order valence-corrected chi connectivity index (χ0v) is 16.4. The fourth-order valence-electron chi connectivity index (χ4n) is 3.88. The van der Waals surface area contributed by atoms with Crippen LogP contribution in [-0.4, -0.2) is 40.1 Å². The van der Waals surface area contributed by atoms with E-state index >= 15 is 0 Å². The van der Waals surface area contributed by atoms with Crippen LogP contribution in [0.15, 0.2) is 77.6 Å². The average molecular weight is 399 g/mol. The Kier molecular flexibility index (Phi) is 4.89. The van der Waals surface area contributed by atoms with Gasteiger partial charge in [0.1, 0.15) is 17.4 Å². The Labute approximate surface area is 174 Å². The number of benzene rings is 2. The van der Waals surface area contributed by atoms with Crippen LogP contribution in [0.3, 0.4) is 0 Å². The number of hydrogen-bond donors (Lipinski definition) is 0. The Balaban J connectivity index is 1.37. The topological polar surface area (TPSA) is 68.5 Å². The highest BCUT2D eigenvalue weighted by Crippen LogP contribution is 2.30. The van der Waals surface area contributed by atoms with Gasteiger partial charge in [-0.1, -0.05) is 35.5 Å². The number of nitrogens with zero attached hydrogens (tertiary/aromatic N) is 3. The molecule has 0 N–H and O–H groups in total. The van der Waals surface area contributed by atoms with E-state index in [1.54, 1.807) is 12.4 Å². The summed E-state index contributed by atoms with van der Waals surface area (Å²) in [6.45, 7) is 1.29.